The minimum atomic E-state index is 0.102. The second-order valence-corrected chi connectivity index (χ2v) is 5.64. The molecule has 0 saturated heterocycles. The number of nitrogens with one attached hydrogen (secondary N) is 1. The lowest BCUT2D eigenvalue weighted by Crippen LogP contribution is -2.24. The SMILES string of the molecule is CC(c1cccc(Cl)c1)N(C)c1nc(NN)ncc1Br. The van der Waals surface area contributed by atoms with E-state index in [1.807, 2.05) is 36.2 Å². The lowest BCUT2D eigenvalue weighted by atomic mass is 10.1. The van der Waals surface area contributed by atoms with Gasteiger partial charge in [0.1, 0.15) is 5.82 Å². The maximum absolute atomic E-state index is 6.04. The summed E-state index contributed by atoms with van der Waals surface area (Å²) in [5, 5.41) is 0.716. The third-order valence-corrected chi connectivity index (χ3v) is 3.90. The molecule has 5 nitrogen and oxygen atoms in total. The van der Waals surface area contributed by atoms with Crippen molar-refractivity contribution in [1.82, 2.24) is 9.97 Å². The quantitative estimate of drug-likeness (QED) is 0.649. The Kier molecular flexibility index (Phi) is 4.80. The zero-order valence-electron chi connectivity index (χ0n) is 11.1. The van der Waals surface area contributed by atoms with Gasteiger partial charge in [0.15, 0.2) is 0 Å². The van der Waals surface area contributed by atoms with Gasteiger partial charge in [-0.15, -0.1) is 0 Å². The Labute approximate surface area is 131 Å². The molecule has 0 bridgehead atoms. The van der Waals surface area contributed by atoms with E-state index in [0.717, 1.165) is 15.9 Å². The van der Waals surface area contributed by atoms with Crippen LogP contribution in [0.3, 0.4) is 0 Å². The Morgan fingerprint density at radius 1 is 1.45 bits per heavy atom. The summed E-state index contributed by atoms with van der Waals surface area (Å²) in [5.74, 6) is 6.47. The molecule has 0 fully saturated rings. The Morgan fingerprint density at radius 2 is 2.20 bits per heavy atom. The molecule has 0 aliphatic rings. The van der Waals surface area contributed by atoms with Crippen LogP contribution in [0, 0.1) is 0 Å². The van der Waals surface area contributed by atoms with Gasteiger partial charge in [0.25, 0.3) is 0 Å². The third-order valence-electron chi connectivity index (χ3n) is 3.10. The molecule has 0 spiro atoms. The summed E-state index contributed by atoms with van der Waals surface area (Å²) in [4.78, 5) is 10.4. The Bertz CT molecular complexity index is 607. The van der Waals surface area contributed by atoms with Crippen LogP contribution in [-0.2, 0) is 0 Å². The first-order valence-corrected chi connectivity index (χ1v) is 7.17. The van der Waals surface area contributed by atoms with Crippen LogP contribution in [0.5, 0.6) is 0 Å². The number of hydrogen-bond acceptors (Lipinski definition) is 5. The van der Waals surface area contributed by atoms with Gasteiger partial charge in [0, 0.05) is 18.3 Å². The summed E-state index contributed by atoms with van der Waals surface area (Å²) in [6.07, 6.45) is 1.67. The van der Waals surface area contributed by atoms with Crippen LogP contribution in [0.15, 0.2) is 34.9 Å². The summed E-state index contributed by atoms with van der Waals surface area (Å²) in [6, 6.07) is 7.87. The molecular weight excluding hydrogens is 342 g/mol. The van der Waals surface area contributed by atoms with Crippen LogP contribution in [0.4, 0.5) is 11.8 Å². The van der Waals surface area contributed by atoms with Crippen molar-refractivity contribution >= 4 is 39.3 Å². The second kappa shape index (κ2) is 6.39. The van der Waals surface area contributed by atoms with E-state index in [9.17, 15) is 0 Å². The number of aromatic nitrogens is 2. The van der Waals surface area contributed by atoms with E-state index in [1.54, 1.807) is 6.20 Å². The predicted octanol–water partition coefficient (Wildman–Crippen LogP) is 3.38. The number of hydrazine groups is 1. The first kappa shape index (κ1) is 15.0. The number of anilines is 2. The first-order chi connectivity index (χ1) is 9.52. The molecule has 1 aromatic carbocycles. The molecule has 1 unspecified atom stereocenters. The van der Waals surface area contributed by atoms with Crippen LogP contribution in [0.1, 0.15) is 18.5 Å². The van der Waals surface area contributed by atoms with E-state index in [4.69, 9.17) is 17.4 Å². The van der Waals surface area contributed by atoms with E-state index < -0.39 is 0 Å². The molecule has 0 aliphatic heterocycles. The van der Waals surface area contributed by atoms with Gasteiger partial charge in [-0.25, -0.2) is 10.8 Å². The third kappa shape index (κ3) is 3.20. The van der Waals surface area contributed by atoms with Crippen molar-refractivity contribution in [3.8, 4) is 0 Å². The Morgan fingerprint density at radius 3 is 2.85 bits per heavy atom. The van der Waals surface area contributed by atoms with E-state index in [0.29, 0.717) is 11.0 Å². The molecule has 106 valence electrons. The predicted molar refractivity (Wildman–Crippen MR) is 85.8 cm³/mol. The average Bonchev–Trinajstić information content (AvgIpc) is 2.46. The van der Waals surface area contributed by atoms with Crippen molar-refractivity contribution in [2.24, 2.45) is 5.84 Å². The topological polar surface area (TPSA) is 67.1 Å². The molecule has 0 amide bonds. The van der Waals surface area contributed by atoms with Gasteiger partial charge < -0.3 is 4.90 Å². The van der Waals surface area contributed by atoms with E-state index in [1.165, 1.54) is 0 Å². The summed E-state index contributed by atoms with van der Waals surface area (Å²) < 4.78 is 0.799. The lowest BCUT2D eigenvalue weighted by Gasteiger charge is -2.27. The monoisotopic (exact) mass is 355 g/mol. The molecule has 2 rings (SSSR count). The van der Waals surface area contributed by atoms with Gasteiger partial charge in [-0.2, -0.15) is 4.98 Å². The zero-order chi connectivity index (χ0) is 14.7. The molecule has 3 N–H and O–H groups in total. The summed E-state index contributed by atoms with van der Waals surface area (Å²) in [6.45, 7) is 2.08. The van der Waals surface area contributed by atoms with Gasteiger partial charge in [-0.1, -0.05) is 23.7 Å². The van der Waals surface area contributed by atoms with Crippen molar-refractivity contribution in [1.29, 1.82) is 0 Å². The molecule has 0 saturated carbocycles. The van der Waals surface area contributed by atoms with Crippen molar-refractivity contribution in [2.75, 3.05) is 17.4 Å². The molecule has 1 aromatic heterocycles. The summed E-state index contributed by atoms with van der Waals surface area (Å²) in [7, 11) is 1.96. The molecule has 2 aromatic rings. The number of rotatable bonds is 4. The minimum absolute atomic E-state index is 0.102. The van der Waals surface area contributed by atoms with Crippen LogP contribution in [0.25, 0.3) is 0 Å². The maximum Gasteiger partial charge on any atom is 0.239 e. The maximum atomic E-state index is 6.04. The Balaban J connectivity index is 2.33. The van der Waals surface area contributed by atoms with Crippen molar-refractivity contribution < 1.29 is 0 Å². The molecule has 0 radical (unpaired) electrons. The van der Waals surface area contributed by atoms with Crippen LogP contribution in [0.2, 0.25) is 5.02 Å². The molecule has 0 aliphatic carbocycles. The van der Waals surface area contributed by atoms with E-state index in [2.05, 4.69) is 38.2 Å². The van der Waals surface area contributed by atoms with Crippen LogP contribution < -0.4 is 16.2 Å². The number of nitrogens with zero attached hydrogens (tertiary/aromatic N) is 3. The molecular formula is C13H15BrClN5. The fourth-order valence-electron chi connectivity index (χ4n) is 1.85. The van der Waals surface area contributed by atoms with Gasteiger partial charge in [-0.05, 0) is 40.5 Å². The number of hydrogen-bond donors (Lipinski definition) is 2. The summed E-state index contributed by atoms with van der Waals surface area (Å²) in [5.41, 5.74) is 3.55. The number of benzene rings is 1. The fraction of sp³-hybridized carbons (Fsp3) is 0.231. The van der Waals surface area contributed by atoms with Gasteiger partial charge >= 0.3 is 0 Å². The van der Waals surface area contributed by atoms with Crippen LogP contribution >= 0.6 is 27.5 Å². The second-order valence-electron chi connectivity index (χ2n) is 4.35. The highest BCUT2D eigenvalue weighted by atomic mass is 79.9. The molecule has 1 atom stereocenters. The Hall–Kier alpha value is -1.37. The largest absolute Gasteiger partial charge is 0.352 e. The van der Waals surface area contributed by atoms with Crippen molar-refractivity contribution in [2.45, 2.75) is 13.0 Å². The smallest absolute Gasteiger partial charge is 0.239 e. The van der Waals surface area contributed by atoms with Crippen molar-refractivity contribution in [3.63, 3.8) is 0 Å². The average molecular weight is 357 g/mol. The normalized spacial score (nSPS) is 12.1. The minimum Gasteiger partial charge on any atom is -0.352 e. The first-order valence-electron chi connectivity index (χ1n) is 6.00. The number of nitrogens with two attached hydrogens (primary N) is 1. The number of nitrogen functional groups attached to an aromatic ring is 1. The highest BCUT2D eigenvalue weighted by Crippen LogP contribution is 2.30. The van der Waals surface area contributed by atoms with Crippen LogP contribution in [-0.4, -0.2) is 17.0 Å². The molecule has 20 heavy (non-hydrogen) atoms. The highest BCUT2D eigenvalue weighted by molar-refractivity contribution is 9.10. The van der Waals surface area contributed by atoms with E-state index >= 15 is 0 Å². The van der Waals surface area contributed by atoms with Gasteiger partial charge in [0.05, 0.1) is 10.5 Å². The fourth-order valence-corrected chi connectivity index (χ4v) is 2.52. The molecule has 7 heteroatoms. The summed E-state index contributed by atoms with van der Waals surface area (Å²) >= 11 is 9.49. The number of halogens is 2. The highest BCUT2D eigenvalue weighted by Gasteiger charge is 2.17. The lowest BCUT2D eigenvalue weighted by molar-refractivity contribution is 0.725. The van der Waals surface area contributed by atoms with Gasteiger partial charge in [0.2, 0.25) is 5.95 Å². The van der Waals surface area contributed by atoms with Gasteiger partial charge in [-0.3, -0.25) is 5.43 Å². The standard InChI is InChI=1S/C13H15BrClN5/c1-8(9-4-3-5-10(15)6-9)20(2)12-11(14)7-17-13(18-12)19-16/h3-8H,16H2,1-2H3,(H,17,18,19). The zero-order valence-corrected chi connectivity index (χ0v) is 13.5. The molecule has 1 heterocycles. The van der Waals surface area contributed by atoms with Crippen molar-refractivity contribution in [3.05, 3.63) is 45.5 Å². The van der Waals surface area contributed by atoms with E-state index in [-0.39, 0.29) is 6.04 Å².